The average Bonchev–Trinajstić information content (AvgIpc) is 3.29. The van der Waals surface area contributed by atoms with Crippen molar-refractivity contribution in [3.05, 3.63) is 95.9 Å². The van der Waals surface area contributed by atoms with Crippen LogP contribution in [0.2, 0.25) is 0 Å². The van der Waals surface area contributed by atoms with Gasteiger partial charge in [0.05, 0.1) is 35.6 Å². The number of aliphatic hydroxyl groups excluding tert-OH is 2. The second-order valence-electron chi connectivity index (χ2n) is 10.6. The fourth-order valence-corrected chi connectivity index (χ4v) is 5.25. The molecule has 10 nitrogen and oxygen atoms in total. The number of aromatic nitrogens is 1. The molecule has 2 atom stereocenters. The van der Waals surface area contributed by atoms with Gasteiger partial charge in [-0.05, 0) is 66.3 Å². The molecule has 3 aromatic carbocycles. The number of halogens is 1. The molecule has 1 aromatic heterocycles. The Labute approximate surface area is 284 Å². The number of carbonyl (C=O) groups is 2. The van der Waals surface area contributed by atoms with E-state index in [1.54, 1.807) is 30.3 Å². The van der Waals surface area contributed by atoms with Gasteiger partial charge in [-0.2, -0.15) is 0 Å². The van der Waals surface area contributed by atoms with Crippen molar-refractivity contribution in [1.29, 1.82) is 0 Å². The van der Waals surface area contributed by atoms with Crippen LogP contribution in [0.25, 0.3) is 22.4 Å². The molecule has 0 unspecified atom stereocenters. The normalized spacial score (nSPS) is 11.9. The zero-order chi connectivity index (χ0) is 30.4. The number of phenolic OH excluding ortho intramolecular Hbond substituents is 1. The van der Waals surface area contributed by atoms with Crippen LogP contribution >= 0.6 is 0 Å². The van der Waals surface area contributed by atoms with E-state index in [4.69, 9.17) is 5.11 Å². The first-order valence-electron chi connectivity index (χ1n) is 13.8. The minimum absolute atomic E-state index is 0. The SMILES string of the molecule is CC(C)c1c(C(=O)Nc2ccccc2O)c(-c2ccccc2)c(-c2ccc(F)cc2)n1CC[C@@H](O)C[C@@H](O)CC(=O)O.O.O.[H-].[Na+]. The fraction of sp³-hybridized carbons (Fsp3) is 0.273. The van der Waals surface area contributed by atoms with Gasteiger partial charge in [-0.3, -0.25) is 9.59 Å². The molecule has 0 saturated carbocycles. The van der Waals surface area contributed by atoms with E-state index >= 15 is 0 Å². The Bertz CT molecular complexity index is 1550. The van der Waals surface area contributed by atoms with Gasteiger partial charge in [0.2, 0.25) is 0 Å². The van der Waals surface area contributed by atoms with Crippen LogP contribution in [-0.2, 0) is 11.3 Å². The smallest absolute Gasteiger partial charge is 1.00 e. The standard InChI is InChI=1S/C33H35FN2O6.Na.2H2O.H/c1-20(2)31-30(33(42)35-26-10-6-7-11-27(26)39)29(21-8-4-3-5-9-21)32(22-12-14-23(34)15-13-22)36(31)17-16-24(37)18-25(38)19-28(40)41;;;;/h3-15,20,24-25,37-39H,16-19H2,1-2H3,(H,35,42)(H,40,41);;2*1H2;/q;+1;;;-1/t24-,25-;;;;/m1..../s1. The molecule has 0 aliphatic carbocycles. The maximum atomic E-state index is 14.1. The number of rotatable bonds is 12. The minimum atomic E-state index is -1.21. The van der Waals surface area contributed by atoms with Gasteiger partial charge in [-0.15, -0.1) is 0 Å². The first kappa shape index (κ1) is 39.5. The van der Waals surface area contributed by atoms with Gasteiger partial charge in [0.15, 0.2) is 0 Å². The molecule has 0 aliphatic heterocycles. The maximum Gasteiger partial charge on any atom is 1.00 e. The van der Waals surface area contributed by atoms with Gasteiger partial charge >= 0.3 is 35.5 Å². The van der Waals surface area contributed by atoms with Gasteiger partial charge in [-0.25, -0.2) is 4.39 Å². The van der Waals surface area contributed by atoms with Crippen LogP contribution in [0.1, 0.15) is 56.5 Å². The van der Waals surface area contributed by atoms with Crippen molar-refractivity contribution in [2.24, 2.45) is 0 Å². The quantitative estimate of drug-likeness (QED) is 0.116. The molecule has 45 heavy (non-hydrogen) atoms. The summed E-state index contributed by atoms with van der Waals surface area (Å²) in [5.41, 5.74) is 3.94. The van der Waals surface area contributed by atoms with Gasteiger partial charge in [0.25, 0.3) is 5.91 Å². The number of aromatic hydroxyl groups is 1. The van der Waals surface area contributed by atoms with Crippen LogP contribution in [0.15, 0.2) is 78.9 Å². The van der Waals surface area contributed by atoms with Crippen molar-refractivity contribution >= 4 is 17.6 Å². The largest absolute Gasteiger partial charge is 1.00 e. The summed E-state index contributed by atoms with van der Waals surface area (Å²) in [5, 5.41) is 43.0. The Balaban J connectivity index is 0.00000506. The molecule has 1 heterocycles. The van der Waals surface area contributed by atoms with E-state index < -0.39 is 36.3 Å². The first-order chi connectivity index (χ1) is 20.1. The number of nitrogens with zero attached hydrogens (tertiary/aromatic N) is 1. The summed E-state index contributed by atoms with van der Waals surface area (Å²) in [6, 6.07) is 21.7. The van der Waals surface area contributed by atoms with E-state index in [1.165, 1.54) is 18.2 Å². The molecule has 1 amide bonds. The summed E-state index contributed by atoms with van der Waals surface area (Å²) in [4.78, 5) is 25.1. The summed E-state index contributed by atoms with van der Waals surface area (Å²) in [6.45, 7) is 4.11. The molecule has 4 rings (SSSR count). The van der Waals surface area contributed by atoms with Crippen molar-refractivity contribution in [2.75, 3.05) is 5.32 Å². The first-order valence-corrected chi connectivity index (χ1v) is 13.8. The number of aliphatic hydroxyl groups is 2. The molecule has 238 valence electrons. The monoisotopic (exact) mass is 634 g/mol. The second kappa shape index (κ2) is 17.8. The molecule has 0 aliphatic rings. The Kier molecular flexibility index (Phi) is 15.6. The number of amides is 1. The summed E-state index contributed by atoms with van der Waals surface area (Å²) in [7, 11) is 0. The molecule has 0 bridgehead atoms. The van der Waals surface area contributed by atoms with Crippen LogP contribution in [-0.4, -0.2) is 60.0 Å². The van der Waals surface area contributed by atoms with Crippen LogP contribution in [0.3, 0.4) is 0 Å². The van der Waals surface area contributed by atoms with Crippen molar-refractivity contribution < 1.29 is 76.3 Å². The number of phenols is 1. The summed E-state index contributed by atoms with van der Waals surface area (Å²) >= 11 is 0. The Morgan fingerprint density at radius 1 is 0.889 bits per heavy atom. The van der Waals surface area contributed by atoms with Crippen LogP contribution in [0.4, 0.5) is 10.1 Å². The number of nitrogens with one attached hydrogen (secondary N) is 1. The average molecular weight is 635 g/mol. The number of carboxylic acids is 1. The van der Waals surface area contributed by atoms with Crippen LogP contribution in [0.5, 0.6) is 5.75 Å². The summed E-state index contributed by atoms with van der Waals surface area (Å²) in [6.07, 6.45) is -2.66. The Hall–Kier alpha value is -3.55. The molecule has 4 aromatic rings. The van der Waals surface area contributed by atoms with E-state index in [0.29, 0.717) is 28.1 Å². The Morgan fingerprint density at radius 3 is 2.07 bits per heavy atom. The number of hydrogen-bond donors (Lipinski definition) is 5. The molecule has 0 fully saturated rings. The van der Waals surface area contributed by atoms with E-state index in [0.717, 1.165) is 5.56 Å². The zero-order valence-corrected chi connectivity index (χ0v) is 27.5. The third-order valence-electron chi connectivity index (χ3n) is 7.05. The molecule has 0 spiro atoms. The van der Waals surface area contributed by atoms with Crippen molar-refractivity contribution in [1.82, 2.24) is 4.57 Å². The number of aliphatic carboxylic acids is 1. The fourth-order valence-electron chi connectivity index (χ4n) is 5.25. The van der Waals surface area contributed by atoms with E-state index in [1.807, 2.05) is 48.7 Å². The van der Waals surface area contributed by atoms with Crippen LogP contribution < -0.4 is 34.9 Å². The summed E-state index contributed by atoms with van der Waals surface area (Å²) < 4.78 is 16.0. The van der Waals surface area contributed by atoms with Gasteiger partial charge in [-0.1, -0.05) is 56.3 Å². The number of benzene rings is 3. The molecule has 9 N–H and O–H groups in total. The van der Waals surface area contributed by atoms with E-state index in [9.17, 15) is 29.3 Å². The third kappa shape index (κ3) is 9.72. The Morgan fingerprint density at radius 2 is 1.49 bits per heavy atom. The number of carboxylic acid groups (broad SMARTS) is 1. The van der Waals surface area contributed by atoms with Gasteiger partial charge < -0.3 is 42.7 Å². The predicted molar refractivity (Wildman–Crippen MR) is 167 cm³/mol. The number of anilines is 1. The topological polar surface area (TPSA) is 195 Å². The molecule has 0 radical (unpaired) electrons. The zero-order valence-electron chi connectivity index (χ0n) is 26.5. The molecular weight excluding hydrogens is 594 g/mol. The van der Waals surface area contributed by atoms with Gasteiger partial charge in [0, 0.05) is 17.8 Å². The summed E-state index contributed by atoms with van der Waals surface area (Å²) in [5.74, 6) is -2.28. The predicted octanol–water partition coefficient (Wildman–Crippen LogP) is 1.49. The van der Waals surface area contributed by atoms with Gasteiger partial charge in [0.1, 0.15) is 11.6 Å². The maximum absolute atomic E-state index is 14.1. The second-order valence-corrected chi connectivity index (χ2v) is 10.6. The van der Waals surface area contributed by atoms with E-state index in [2.05, 4.69) is 5.32 Å². The van der Waals surface area contributed by atoms with E-state index in [-0.39, 0.29) is 78.7 Å². The third-order valence-corrected chi connectivity index (χ3v) is 7.05. The minimum Gasteiger partial charge on any atom is -1.00 e. The number of para-hydroxylation sites is 2. The van der Waals surface area contributed by atoms with Crippen LogP contribution in [0, 0.1) is 5.82 Å². The number of carbonyl (C=O) groups excluding carboxylic acids is 1. The molecule has 12 heteroatoms. The number of hydrogen-bond acceptors (Lipinski definition) is 5. The van der Waals surface area contributed by atoms with Crippen molar-refractivity contribution in [2.45, 2.75) is 57.8 Å². The van der Waals surface area contributed by atoms with Crippen molar-refractivity contribution in [3.63, 3.8) is 0 Å². The molecule has 0 saturated heterocycles. The molecular formula is C33H40FN2NaO8. The van der Waals surface area contributed by atoms with Crippen molar-refractivity contribution in [3.8, 4) is 28.1 Å².